The van der Waals surface area contributed by atoms with Crippen molar-refractivity contribution in [3.8, 4) is 0 Å². The van der Waals surface area contributed by atoms with Gasteiger partial charge in [0.2, 0.25) is 5.76 Å². The first-order valence-corrected chi connectivity index (χ1v) is 5.72. The van der Waals surface area contributed by atoms with E-state index in [4.69, 9.17) is 13.9 Å². The molecule has 0 amide bonds. The third-order valence-corrected chi connectivity index (χ3v) is 2.60. The van der Waals surface area contributed by atoms with Crippen LogP contribution in [-0.4, -0.2) is 17.6 Å². The standard InChI is InChI=1S/C13H15NO4/c1-9-2-3-11(18-9)4-6-14-8-10-5-7-17-12(10)13(15)16/h2-3,5,7,14H,4,6,8H2,1H3,(H,15,16). The van der Waals surface area contributed by atoms with Crippen molar-refractivity contribution in [3.63, 3.8) is 0 Å². The van der Waals surface area contributed by atoms with Crippen molar-refractivity contribution < 1.29 is 18.7 Å². The fourth-order valence-corrected chi connectivity index (χ4v) is 1.72. The average molecular weight is 249 g/mol. The van der Waals surface area contributed by atoms with Crippen molar-refractivity contribution in [3.05, 3.63) is 47.3 Å². The van der Waals surface area contributed by atoms with Gasteiger partial charge in [0.05, 0.1) is 6.26 Å². The van der Waals surface area contributed by atoms with Crippen LogP contribution in [0.3, 0.4) is 0 Å². The van der Waals surface area contributed by atoms with Crippen molar-refractivity contribution in [2.24, 2.45) is 0 Å². The number of aromatic carboxylic acids is 1. The molecule has 2 N–H and O–H groups in total. The van der Waals surface area contributed by atoms with E-state index in [0.29, 0.717) is 12.1 Å². The van der Waals surface area contributed by atoms with Crippen LogP contribution in [0.2, 0.25) is 0 Å². The summed E-state index contributed by atoms with van der Waals surface area (Å²) in [5.41, 5.74) is 0.651. The van der Waals surface area contributed by atoms with Crippen molar-refractivity contribution in [1.29, 1.82) is 0 Å². The first kappa shape index (κ1) is 12.4. The third kappa shape index (κ3) is 3.01. The van der Waals surface area contributed by atoms with Gasteiger partial charge in [0.15, 0.2) is 0 Å². The highest BCUT2D eigenvalue weighted by Crippen LogP contribution is 2.10. The largest absolute Gasteiger partial charge is 0.475 e. The van der Waals surface area contributed by atoms with Crippen LogP contribution in [0.15, 0.2) is 33.3 Å². The maximum atomic E-state index is 10.8. The van der Waals surface area contributed by atoms with E-state index < -0.39 is 5.97 Å². The van der Waals surface area contributed by atoms with E-state index in [9.17, 15) is 4.79 Å². The lowest BCUT2D eigenvalue weighted by Gasteiger charge is -2.02. The molecule has 0 radical (unpaired) electrons. The summed E-state index contributed by atoms with van der Waals surface area (Å²) in [6.45, 7) is 3.09. The zero-order valence-corrected chi connectivity index (χ0v) is 10.1. The highest BCUT2D eigenvalue weighted by molar-refractivity contribution is 5.86. The summed E-state index contributed by atoms with van der Waals surface area (Å²) in [6, 6.07) is 5.53. The summed E-state index contributed by atoms with van der Waals surface area (Å²) in [4.78, 5) is 10.8. The molecule has 2 aromatic rings. The highest BCUT2D eigenvalue weighted by atomic mass is 16.4. The van der Waals surface area contributed by atoms with Crippen LogP contribution < -0.4 is 5.32 Å². The molecule has 2 rings (SSSR count). The molecule has 0 spiro atoms. The van der Waals surface area contributed by atoms with Gasteiger partial charge in [-0.15, -0.1) is 0 Å². The zero-order chi connectivity index (χ0) is 13.0. The van der Waals surface area contributed by atoms with Gasteiger partial charge in [-0.1, -0.05) is 0 Å². The summed E-state index contributed by atoms with van der Waals surface area (Å²) < 4.78 is 10.3. The molecule has 0 bridgehead atoms. The second kappa shape index (κ2) is 5.55. The fourth-order valence-electron chi connectivity index (χ4n) is 1.72. The molecule has 0 aliphatic heterocycles. The molecule has 96 valence electrons. The van der Waals surface area contributed by atoms with Crippen LogP contribution in [-0.2, 0) is 13.0 Å². The summed E-state index contributed by atoms with van der Waals surface area (Å²) in [5, 5.41) is 12.0. The average Bonchev–Trinajstić information content (AvgIpc) is 2.93. The predicted octanol–water partition coefficient (Wildman–Crippen LogP) is 2.21. The van der Waals surface area contributed by atoms with Crippen molar-refractivity contribution in [1.82, 2.24) is 5.32 Å². The number of carboxylic acid groups (broad SMARTS) is 1. The second-order valence-corrected chi connectivity index (χ2v) is 4.02. The third-order valence-electron chi connectivity index (χ3n) is 2.60. The Labute approximate surface area is 104 Å². The Bertz CT molecular complexity index is 527. The predicted molar refractivity (Wildman–Crippen MR) is 64.5 cm³/mol. The summed E-state index contributed by atoms with van der Waals surface area (Å²) in [5.74, 6) is 0.772. The number of carboxylic acids is 1. The van der Waals surface area contributed by atoms with E-state index in [0.717, 1.165) is 24.5 Å². The van der Waals surface area contributed by atoms with Crippen LogP contribution >= 0.6 is 0 Å². The molecular formula is C13H15NO4. The van der Waals surface area contributed by atoms with E-state index in [1.165, 1.54) is 6.26 Å². The van der Waals surface area contributed by atoms with Gasteiger partial charge in [0.1, 0.15) is 11.5 Å². The maximum Gasteiger partial charge on any atom is 0.372 e. The van der Waals surface area contributed by atoms with Gasteiger partial charge in [-0.3, -0.25) is 0 Å². The fraction of sp³-hybridized carbons (Fsp3) is 0.308. The van der Waals surface area contributed by atoms with E-state index in [2.05, 4.69) is 5.32 Å². The van der Waals surface area contributed by atoms with E-state index >= 15 is 0 Å². The Kier molecular flexibility index (Phi) is 3.84. The molecular weight excluding hydrogens is 234 g/mol. The van der Waals surface area contributed by atoms with Gasteiger partial charge in [-0.2, -0.15) is 0 Å². The number of rotatable bonds is 6. The zero-order valence-electron chi connectivity index (χ0n) is 10.1. The van der Waals surface area contributed by atoms with Gasteiger partial charge < -0.3 is 19.3 Å². The van der Waals surface area contributed by atoms with E-state index in [-0.39, 0.29) is 5.76 Å². The van der Waals surface area contributed by atoms with Crippen molar-refractivity contribution >= 4 is 5.97 Å². The lowest BCUT2D eigenvalue weighted by molar-refractivity contribution is 0.0660. The summed E-state index contributed by atoms with van der Waals surface area (Å²) in [6.07, 6.45) is 2.16. The first-order chi connectivity index (χ1) is 8.66. The molecule has 0 unspecified atom stereocenters. The highest BCUT2D eigenvalue weighted by Gasteiger charge is 2.12. The lowest BCUT2D eigenvalue weighted by atomic mass is 10.2. The molecule has 0 aliphatic carbocycles. The number of hydrogen-bond acceptors (Lipinski definition) is 4. The molecule has 0 aromatic carbocycles. The van der Waals surface area contributed by atoms with Crippen LogP contribution in [0, 0.1) is 6.92 Å². The Hall–Kier alpha value is -2.01. The lowest BCUT2D eigenvalue weighted by Crippen LogP contribution is -2.17. The molecule has 18 heavy (non-hydrogen) atoms. The second-order valence-electron chi connectivity index (χ2n) is 4.02. The SMILES string of the molecule is Cc1ccc(CCNCc2ccoc2C(=O)O)o1. The van der Waals surface area contributed by atoms with Crippen molar-refractivity contribution in [2.45, 2.75) is 19.9 Å². The van der Waals surface area contributed by atoms with Gasteiger partial charge in [-0.25, -0.2) is 4.79 Å². The molecule has 5 heteroatoms. The molecule has 0 saturated carbocycles. The number of furan rings is 2. The van der Waals surface area contributed by atoms with Crippen LogP contribution in [0.1, 0.15) is 27.6 Å². The smallest absolute Gasteiger partial charge is 0.372 e. The molecule has 0 fully saturated rings. The molecule has 2 heterocycles. The Morgan fingerprint density at radius 3 is 2.89 bits per heavy atom. The molecule has 0 atom stereocenters. The number of aryl methyl sites for hydroxylation is 1. The van der Waals surface area contributed by atoms with Gasteiger partial charge in [0.25, 0.3) is 0 Å². The monoisotopic (exact) mass is 249 g/mol. The Balaban J connectivity index is 1.78. The minimum atomic E-state index is -1.04. The number of carbonyl (C=O) groups is 1. The molecule has 0 saturated heterocycles. The van der Waals surface area contributed by atoms with E-state index in [1.807, 2.05) is 19.1 Å². The molecule has 5 nitrogen and oxygen atoms in total. The summed E-state index contributed by atoms with van der Waals surface area (Å²) in [7, 11) is 0. The van der Waals surface area contributed by atoms with Gasteiger partial charge in [0, 0.05) is 25.1 Å². The quantitative estimate of drug-likeness (QED) is 0.768. The van der Waals surface area contributed by atoms with Crippen LogP contribution in [0.25, 0.3) is 0 Å². The van der Waals surface area contributed by atoms with Crippen LogP contribution in [0.4, 0.5) is 0 Å². The maximum absolute atomic E-state index is 10.8. The Morgan fingerprint density at radius 2 is 2.22 bits per heavy atom. The van der Waals surface area contributed by atoms with E-state index in [1.54, 1.807) is 6.07 Å². The minimum absolute atomic E-state index is 0.00339. The number of hydrogen-bond donors (Lipinski definition) is 2. The minimum Gasteiger partial charge on any atom is -0.475 e. The van der Waals surface area contributed by atoms with Crippen molar-refractivity contribution in [2.75, 3.05) is 6.54 Å². The topological polar surface area (TPSA) is 75.6 Å². The van der Waals surface area contributed by atoms with Crippen LogP contribution in [0.5, 0.6) is 0 Å². The molecule has 0 aliphatic rings. The molecule has 2 aromatic heterocycles. The Morgan fingerprint density at radius 1 is 1.39 bits per heavy atom. The van der Waals surface area contributed by atoms with Gasteiger partial charge in [-0.05, 0) is 25.1 Å². The van der Waals surface area contributed by atoms with Gasteiger partial charge >= 0.3 is 5.97 Å². The first-order valence-electron chi connectivity index (χ1n) is 5.72. The summed E-state index contributed by atoms with van der Waals surface area (Å²) >= 11 is 0. The normalized spacial score (nSPS) is 10.7. The number of nitrogens with one attached hydrogen (secondary N) is 1.